The largest absolute Gasteiger partial charge is 0.444 e. The summed E-state index contributed by atoms with van der Waals surface area (Å²) in [5, 5.41) is 1.21. The van der Waals surface area contributed by atoms with Crippen LogP contribution in [0.2, 0.25) is 10.0 Å². The molecule has 7 heteroatoms. The van der Waals surface area contributed by atoms with E-state index in [1.165, 1.54) is 0 Å². The molecular formula is C18H23Cl2N3O2. The van der Waals surface area contributed by atoms with Crippen molar-refractivity contribution in [2.24, 2.45) is 10.4 Å². The molecule has 5 nitrogen and oxygen atoms in total. The number of benzene rings is 1. The predicted octanol–water partition coefficient (Wildman–Crippen LogP) is 4.77. The van der Waals surface area contributed by atoms with Crippen molar-refractivity contribution in [2.75, 3.05) is 31.1 Å². The number of ether oxygens (including phenoxy) is 1. The number of anilines is 1. The highest BCUT2D eigenvalue weighted by atomic mass is 35.5. The summed E-state index contributed by atoms with van der Waals surface area (Å²) in [7, 11) is 0. The molecule has 25 heavy (non-hydrogen) atoms. The van der Waals surface area contributed by atoms with Crippen LogP contribution in [0.5, 0.6) is 0 Å². The molecule has 136 valence electrons. The van der Waals surface area contributed by atoms with Crippen LogP contribution in [0, 0.1) is 5.41 Å². The summed E-state index contributed by atoms with van der Waals surface area (Å²) < 4.78 is 5.41. The molecule has 1 aromatic rings. The van der Waals surface area contributed by atoms with Crippen molar-refractivity contribution in [3.05, 3.63) is 22.2 Å². The molecule has 0 bridgehead atoms. The van der Waals surface area contributed by atoms with Gasteiger partial charge in [0.15, 0.2) is 0 Å². The van der Waals surface area contributed by atoms with Crippen molar-refractivity contribution >= 4 is 46.9 Å². The van der Waals surface area contributed by atoms with Gasteiger partial charge < -0.3 is 14.5 Å². The molecule has 2 aliphatic heterocycles. The van der Waals surface area contributed by atoms with Crippen LogP contribution < -0.4 is 4.90 Å². The van der Waals surface area contributed by atoms with E-state index in [2.05, 4.69) is 9.89 Å². The molecule has 0 aromatic heterocycles. The Hall–Kier alpha value is -1.46. The first-order valence-electron chi connectivity index (χ1n) is 8.33. The second kappa shape index (κ2) is 6.36. The Morgan fingerprint density at radius 3 is 2.24 bits per heavy atom. The summed E-state index contributed by atoms with van der Waals surface area (Å²) in [6.07, 6.45) is 1.47. The van der Waals surface area contributed by atoms with Gasteiger partial charge in [-0.15, -0.1) is 0 Å². The van der Waals surface area contributed by atoms with Crippen LogP contribution in [0.25, 0.3) is 0 Å². The fourth-order valence-electron chi connectivity index (χ4n) is 3.42. The van der Waals surface area contributed by atoms with Gasteiger partial charge in [0.2, 0.25) is 0 Å². The summed E-state index contributed by atoms with van der Waals surface area (Å²) in [5.74, 6) is 0. The minimum atomic E-state index is -0.463. The van der Waals surface area contributed by atoms with E-state index < -0.39 is 5.60 Å². The van der Waals surface area contributed by atoms with E-state index in [0.717, 1.165) is 24.5 Å². The van der Waals surface area contributed by atoms with Crippen molar-refractivity contribution < 1.29 is 9.53 Å². The lowest BCUT2D eigenvalue weighted by Gasteiger charge is -2.60. The van der Waals surface area contributed by atoms with E-state index in [4.69, 9.17) is 27.9 Å². The van der Waals surface area contributed by atoms with Crippen LogP contribution >= 0.6 is 23.2 Å². The van der Waals surface area contributed by atoms with Crippen LogP contribution in [-0.4, -0.2) is 49.0 Å². The van der Waals surface area contributed by atoms with Crippen molar-refractivity contribution in [1.29, 1.82) is 0 Å². The fraction of sp³-hybridized carbons (Fsp3) is 0.556. The van der Waals surface area contributed by atoms with Crippen molar-refractivity contribution in [3.8, 4) is 0 Å². The summed E-state index contributed by atoms with van der Waals surface area (Å²) in [4.78, 5) is 20.2. The number of carbonyl (C=O) groups is 1. The Morgan fingerprint density at radius 1 is 1.20 bits per heavy atom. The first-order valence-corrected chi connectivity index (χ1v) is 9.09. The molecule has 2 saturated heterocycles. The molecule has 0 unspecified atom stereocenters. The molecular weight excluding hydrogens is 361 g/mol. The SMILES string of the molecule is C/C=N\c1cc(Cl)c(N2CC3(CN(C(=O)OC(C)(C)C)C3)C2)c(Cl)c1. The number of amides is 1. The molecule has 1 amide bonds. The topological polar surface area (TPSA) is 45.1 Å². The van der Waals surface area contributed by atoms with Crippen LogP contribution in [0.4, 0.5) is 16.2 Å². The van der Waals surface area contributed by atoms with Crippen molar-refractivity contribution in [2.45, 2.75) is 33.3 Å². The third-order valence-corrected chi connectivity index (χ3v) is 4.93. The van der Waals surface area contributed by atoms with Gasteiger partial charge in [0.25, 0.3) is 0 Å². The summed E-state index contributed by atoms with van der Waals surface area (Å²) in [6, 6.07) is 3.64. The van der Waals surface area contributed by atoms with Crippen LogP contribution in [0.1, 0.15) is 27.7 Å². The van der Waals surface area contributed by atoms with E-state index in [0.29, 0.717) is 23.1 Å². The van der Waals surface area contributed by atoms with Gasteiger partial charge >= 0.3 is 6.09 Å². The molecule has 0 atom stereocenters. The standard InChI is InChI=1S/C18H23Cl2N3O2/c1-5-21-12-6-13(19)15(14(20)7-12)22-8-18(9-22)10-23(11-18)16(24)25-17(2,3)4/h5-7H,8-11H2,1-4H3/b21-5-. The fourth-order valence-corrected chi connectivity index (χ4v) is 4.13. The van der Waals surface area contributed by atoms with E-state index in [1.807, 2.05) is 39.8 Å². The Labute approximate surface area is 158 Å². The Balaban J connectivity index is 1.60. The highest BCUT2D eigenvalue weighted by Crippen LogP contribution is 2.47. The van der Waals surface area contributed by atoms with E-state index in [1.54, 1.807) is 11.1 Å². The molecule has 2 aliphatic rings. The summed E-state index contributed by atoms with van der Waals surface area (Å²) in [6.45, 7) is 10.6. The predicted molar refractivity (Wildman–Crippen MR) is 103 cm³/mol. The number of likely N-dealkylation sites (tertiary alicyclic amines) is 1. The third kappa shape index (κ3) is 3.72. The highest BCUT2D eigenvalue weighted by molar-refractivity contribution is 6.39. The van der Waals surface area contributed by atoms with Crippen molar-refractivity contribution in [1.82, 2.24) is 4.90 Å². The van der Waals surface area contributed by atoms with Gasteiger partial charge in [-0.3, -0.25) is 4.99 Å². The number of carbonyl (C=O) groups excluding carboxylic acids is 1. The molecule has 0 aliphatic carbocycles. The molecule has 0 N–H and O–H groups in total. The minimum absolute atomic E-state index is 0.129. The number of rotatable bonds is 2. The quantitative estimate of drug-likeness (QED) is 0.690. The van der Waals surface area contributed by atoms with E-state index in [-0.39, 0.29) is 11.5 Å². The third-order valence-electron chi connectivity index (χ3n) is 4.35. The van der Waals surface area contributed by atoms with Crippen LogP contribution in [0.3, 0.4) is 0 Å². The average Bonchev–Trinajstić information content (AvgIpc) is 2.36. The Bertz CT molecular complexity index is 691. The summed E-state index contributed by atoms with van der Waals surface area (Å²) >= 11 is 12.8. The van der Waals surface area contributed by atoms with E-state index in [9.17, 15) is 4.79 Å². The van der Waals surface area contributed by atoms with Gasteiger partial charge in [0, 0.05) is 37.8 Å². The maximum atomic E-state index is 12.1. The van der Waals surface area contributed by atoms with Crippen LogP contribution in [0.15, 0.2) is 17.1 Å². The maximum absolute atomic E-state index is 12.1. The second-order valence-electron chi connectivity index (χ2n) is 7.84. The first-order chi connectivity index (χ1) is 11.6. The zero-order chi connectivity index (χ0) is 18.4. The minimum Gasteiger partial charge on any atom is -0.444 e. The van der Waals surface area contributed by atoms with Gasteiger partial charge in [-0.25, -0.2) is 4.79 Å². The number of halogens is 2. The molecule has 1 aromatic carbocycles. The second-order valence-corrected chi connectivity index (χ2v) is 8.65. The number of aliphatic imine (C=N–C) groups is 1. The zero-order valence-corrected chi connectivity index (χ0v) is 16.5. The first kappa shape index (κ1) is 18.3. The van der Waals surface area contributed by atoms with Crippen LogP contribution in [-0.2, 0) is 4.74 Å². The highest BCUT2D eigenvalue weighted by Gasteiger charge is 2.54. The van der Waals surface area contributed by atoms with Gasteiger partial charge in [0.1, 0.15) is 5.60 Å². The molecule has 2 heterocycles. The number of hydrogen-bond acceptors (Lipinski definition) is 4. The molecule has 1 spiro atoms. The molecule has 0 saturated carbocycles. The molecule has 0 radical (unpaired) electrons. The van der Waals surface area contributed by atoms with Crippen molar-refractivity contribution in [3.63, 3.8) is 0 Å². The number of hydrogen-bond donors (Lipinski definition) is 0. The lowest BCUT2D eigenvalue weighted by Crippen LogP contribution is -2.73. The lowest BCUT2D eigenvalue weighted by atomic mass is 9.73. The van der Waals surface area contributed by atoms with Gasteiger partial charge in [0.05, 0.1) is 21.4 Å². The normalized spacial score (nSPS) is 19.1. The Morgan fingerprint density at radius 2 is 1.76 bits per heavy atom. The number of nitrogens with zero attached hydrogens (tertiary/aromatic N) is 3. The molecule has 3 rings (SSSR count). The maximum Gasteiger partial charge on any atom is 0.410 e. The lowest BCUT2D eigenvalue weighted by molar-refractivity contribution is -0.0452. The van der Waals surface area contributed by atoms with Gasteiger partial charge in [-0.1, -0.05) is 23.2 Å². The molecule has 2 fully saturated rings. The van der Waals surface area contributed by atoms with Gasteiger partial charge in [-0.05, 0) is 39.8 Å². The Kier molecular flexibility index (Phi) is 4.67. The smallest absolute Gasteiger partial charge is 0.410 e. The summed E-state index contributed by atoms with van der Waals surface area (Å²) in [5.41, 5.74) is 1.26. The van der Waals surface area contributed by atoms with Gasteiger partial charge in [-0.2, -0.15) is 0 Å². The monoisotopic (exact) mass is 383 g/mol. The average molecular weight is 384 g/mol. The van der Waals surface area contributed by atoms with E-state index >= 15 is 0 Å². The zero-order valence-electron chi connectivity index (χ0n) is 15.0.